The van der Waals surface area contributed by atoms with Crippen LogP contribution in [0.1, 0.15) is 194 Å². The molecule has 0 fully saturated rings. The number of aliphatic hydroxyl groups is 1. The van der Waals surface area contributed by atoms with Crippen molar-refractivity contribution in [2.24, 2.45) is 0 Å². The molecule has 0 aliphatic heterocycles. The van der Waals surface area contributed by atoms with Crippen LogP contribution in [0.5, 0.6) is 0 Å². The largest absolute Gasteiger partial charge is 0.393 e. The van der Waals surface area contributed by atoms with Crippen LogP contribution >= 0.6 is 0 Å². The Morgan fingerprint density at radius 1 is 0.471 bits per heavy atom. The first-order valence-corrected chi connectivity index (χ1v) is 15.9. The van der Waals surface area contributed by atoms with Gasteiger partial charge in [-0.05, 0) is 19.3 Å². The number of ketones is 1. The first kappa shape index (κ1) is 33.6. The van der Waals surface area contributed by atoms with Gasteiger partial charge in [0.2, 0.25) is 0 Å². The van der Waals surface area contributed by atoms with Crippen molar-refractivity contribution in [3.63, 3.8) is 0 Å². The van der Waals surface area contributed by atoms with Crippen LogP contribution in [0.2, 0.25) is 0 Å². The number of hydrogen-bond donors (Lipinski definition) is 1. The zero-order chi connectivity index (χ0) is 25.0. The minimum Gasteiger partial charge on any atom is -0.393 e. The van der Waals surface area contributed by atoms with Gasteiger partial charge in [0.05, 0.1) is 6.10 Å². The van der Waals surface area contributed by atoms with Crippen LogP contribution in [0.15, 0.2) is 0 Å². The summed E-state index contributed by atoms with van der Waals surface area (Å²) in [6.07, 6.45) is 36.0. The molecule has 0 aromatic heterocycles. The Balaban J connectivity index is 3.10. The molecular weight excluding hydrogens is 416 g/mol. The molecule has 0 saturated carbocycles. The Morgan fingerprint density at radius 2 is 0.765 bits per heavy atom. The summed E-state index contributed by atoms with van der Waals surface area (Å²) in [5.74, 6) is 0.432. The molecule has 0 aliphatic rings. The molecule has 0 spiro atoms. The van der Waals surface area contributed by atoms with Gasteiger partial charge < -0.3 is 5.11 Å². The third-order valence-electron chi connectivity index (χ3n) is 7.53. The Bertz CT molecular complexity index is 392. The van der Waals surface area contributed by atoms with E-state index in [0.717, 1.165) is 25.7 Å². The lowest BCUT2D eigenvalue weighted by Gasteiger charge is -2.10. The van der Waals surface area contributed by atoms with E-state index in [-0.39, 0.29) is 6.10 Å². The van der Waals surface area contributed by atoms with Crippen molar-refractivity contribution in [2.75, 3.05) is 0 Å². The number of rotatable bonds is 29. The van der Waals surface area contributed by atoms with Gasteiger partial charge in [-0.15, -0.1) is 0 Å². The highest BCUT2D eigenvalue weighted by Crippen LogP contribution is 2.16. The standard InChI is InChI=1S/C32H64O2/c1-3-5-6-22-26-29-32(34)30-27-24-21-19-17-15-13-11-9-7-8-10-12-14-16-18-20-23-25-28-31(33)4-2/h32,34H,3-30H2,1-2H3/t32-/m0/s1. The lowest BCUT2D eigenvalue weighted by atomic mass is 10.0. The van der Waals surface area contributed by atoms with Crippen LogP contribution in [-0.4, -0.2) is 17.0 Å². The summed E-state index contributed by atoms with van der Waals surface area (Å²) in [4.78, 5) is 11.3. The molecule has 0 heterocycles. The van der Waals surface area contributed by atoms with Crippen molar-refractivity contribution in [3.8, 4) is 0 Å². The predicted molar refractivity (Wildman–Crippen MR) is 152 cm³/mol. The second-order valence-electron chi connectivity index (χ2n) is 11.0. The number of aliphatic hydroxyl groups excluding tert-OH is 1. The summed E-state index contributed by atoms with van der Waals surface area (Å²) < 4.78 is 0. The molecule has 34 heavy (non-hydrogen) atoms. The molecule has 204 valence electrons. The lowest BCUT2D eigenvalue weighted by molar-refractivity contribution is -0.118. The van der Waals surface area contributed by atoms with Crippen molar-refractivity contribution in [1.29, 1.82) is 0 Å². The van der Waals surface area contributed by atoms with Gasteiger partial charge in [-0.1, -0.05) is 162 Å². The normalized spacial score (nSPS) is 12.3. The summed E-state index contributed by atoms with van der Waals surface area (Å²) in [6, 6.07) is 0. The minimum atomic E-state index is -0.0410. The molecule has 0 saturated heterocycles. The van der Waals surface area contributed by atoms with Gasteiger partial charge in [-0.2, -0.15) is 0 Å². The van der Waals surface area contributed by atoms with Gasteiger partial charge >= 0.3 is 0 Å². The summed E-state index contributed by atoms with van der Waals surface area (Å²) in [7, 11) is 0. The number of carbonyl (C=O) groups is 1. The molecule has 0 bridgehead atoms. The van der Waals surface area contributed by atoms with Crippen molar-refractivity contribution >= 4 is 5.78 Å². The van der Waals surface area contributed by atoms with E-state index in [1.807, 2.05) is 6.92 Å². The minimum absolute atomic E-state index is 0.0410. The average molecular weight is 481 g/mol. The van der Waals surface area contributed by atoms with E-state index in [4.69, 9.17) is 0 Å². The quantitative estimate of drug-likeness (QED) is 0.108. The zero-order valence-corrected chi connectivity index (χ0v) is 23.7. The average Bonchev–Trinajstić information content (AvgIpc) is 2.84. The molecule has 1 N–H and O–H groups in total. The van der Waals surface area contributed by atoms with Gasteiger partial charge in [-0.3, -0.25) is 4.79 Å². The monoisotopic (exact) mass is 480 g/mol. The smallest absolute Gasteiger partial charge is 0.132 e. The molecule has 0 aromatic rings. The van der Waals surface area contributed by atoms with Crippen molar-refractivity contribution in [2.45, 2.75) is 200 Å². The van der Waals surface area contributed by atoms with Crippen molar-refractivity contribution in [3.05, 3.63) is 0 Å². The van der Waals surface area contributed by atoms with Crippen molar-refractivity contribution < 1.29 is 9.90 Å². The maximum atomic E-state index is 11.3. The second-order valence-corrected chi connectivity index (χ2v) is 11.0. The Morgan fingerprint density at radius 3 is 1.09 bits per heavy atom. The molecule has 0 amide bonds. The van der Waals surface area contributed by atoms with Crippen LogP contribution < -0.4 is 0 Å². The highest BCUT2D eigenvalue weighted by atomic mass is 16.3. The van der Waals surface area contributed by atoms with Crippen LogP contribution in [0.4, 0.5) is 0 Å². The second kappa shape index (κ2) is 28.9. The number of hydrogen-bond acceptors (Lipinski definition) is 2. The maximum Gasteiger partial charge on any atom is 0.132 e. The van der Waals surface area contributed by atoms with Crippen LogP contribution in [0.25, 0.3) is 0 Å². The zero-order valence-electron chi connectivity index (χ0n) is 23.7. The van der Waals surface area contributed by atoms with E-state index < -0.39 is 0 Å². The Kier molecular flexibility index (Phi) is 28.6. The van der Waals surface area contributed by atoms with Crippen LogP contribution in [-0.2, 0) is 4.79 Å². The molecule has 2 nitrogen and oxygen atoms in total. The summed E-state index contributed by atoms with van der Waals surface area (Å²) in [6.45, 7) is 4.22. The topological polar surface area (TPSA) is 37.3 Å². The molecule has 0 rings (SSSR count). The summed E-state index contributed by atoms with van der Waals surface area (Å²) >= 11 is 0. The third kappa shape index (κ3) is 27.9. The van der Waals surface area contributed by atoms with E-state index >= 15 is 0 Å². The molecular formula is C32H64O2. The summed E-state index contributed by atoms with van der Waals surface area (Å²) in [5, 5.41) is 10.1. The number of unbranched alkanes of at least 4 members (excludes halogenated alkanes) is 22. The van der Waals surface area contributed by atoms with Crippen LogP contribution in [0.3, 0.4) is 0 Å². The molecule has 0 unspecified atom stereocenters. The van der Waals surface area contributed by atoms with Gasteiger partial charge in [0, 0.05) is 12.8 Å². The van der Waals surface area contributed by atoms with E-state index in [9.17, 15) is 9.90 Å². The SMILES string of the molecule is CCCCCCC[C@H](O)CCCCCCCCCCCCCCCCCCCCCC(=O)CC. The lowest BCUT2D eigenvalue weighted by Crippen LogP contribution is -2.05. The molecule has 0 aliphatic carbocycles. The summed E-state index contributed by atoms with van der Waals surface area (Å²) in [5.41, 5.74) is 0. The molecule has 2 heteroatoms. The highest BCUT2D eigenvalue weighted by molar-refractivity contribution is 5.77. The maximum absolute atomic E-state index is 11.3. The van der Waals surface area contributed by atoms with Gasteiger partial charge in [0.15, 0.2) is 0 Å². The first-order valence-electron chi connectivity index (χ1n) is 15.9. The van der Waals surface area contributed by atoms with Gasteiger partial charge in [0.1, 0.15) is 5.78 Å². The molecule has 1 atom stereocenters. The molecule has 0 aromatic carbocycles. The third-order valence-corrected chi connectivity index (χ3v) is 7.53. The van der Waals surface area contributed by atoms with Gasteiger partial charge in [-0.25, -0.2) is 0 Å². The van der Waals surface area contributed by atoms with E-state index in [1.165, 1.54) is 148 Å². The highest BCUT2D eigenvalue weighted by Gasteiger charge is 2.03. The van der Waals surface area contributed by atoms with Crippen LogP contribution in [0, 0.1) is 0 Å². The fraction of sp³-hybridized carbons (Fsp3) is 0.969. The number of Topliss-reactive ketones (excluding diaryl/α,β-unsaturated/α-hetero) is 1. The van der Waals surface area contributed by atoms with E-state index in [1.54, 1.807) is 0 Å². The van der Waals surface area contributed by atoms with Gasteiger partial charge in [0.25, 0.3) is 0 Å². The molecule has 0 radical (unpaired) electrons. The Labute approximate surface area is 215 Å². The fourth-order valence-electron chi connectivity index (χ4n) is 5.01. The Hall–Kier alpha value is -0.370. The fourth-order valence-corrected chi connectivity index (χ4v) is 5.01. The van der Waals surface area contributed by atoms with Crippen molar-refractivity contribution in [1.82, 2.24) is 0 Å². The first-order chi connectivity index (χ1) is 16.7. The van der Waals surface area contributed by atoms with E-state index in [0.29, 0.717) is 12.2 Å². The number of carbonyl (C=O) groups excluding carboxylic acids is 1. The predicted octanol–water partition coefficient (Wildman–Crippen LogP) is 10.9. The van der Waals surface area contributed by atoms with E-state index in [2.05, 4.69) is 6.92 Å².